The predicted molar refractivity (Wildman–Crippen MR) is 89.9 cm³/mol. The topological polar surface area (TPSA) is 33.1 Å². The Kier molecular flexibility index (Phi) is 2.39. The molecule has 110 valence electrons. The van der Waals surface area contributed by atoms with Gasteiger partial charge < -0.3 is 4.98 Å². The van der Waals surface area contributed by atoms with Gasteiger partial charge >= 0.3 is 0 Å². The largest absolute Gasteiger partial charge is 0.351 e. The van der Waals surface area contributed by atoms with Gasteiger partial charge in [0.05, 0.1) is 17.4 Å². The second kappa shape index (κ2) is 4.43. The molecule has 0 amide bonds. The number of hydrogen-bond donors (Lipinski definition) is 1. The van der Waals surface area contributed by atoms with Crippen LogP contribution in [0.5, 0.6) is 0 Å². The fourth-order valence-electron chi connectivity index (χ4n) is 3.19. The number of rotatable bonds is 1. The summed E-state index contributed by atoms with van der Waals surface area (Å²) in [5, 5.41) is 2.35. The van der Waals surface area contributed by atoms with E-state index in [9.17, 15) is 4.39 Å². The second-order valence-electron chi connectivity index (χ2n) is 5.62. The number of aromatic nitrogens is 3. The molecule has 0 saturated heterocycles. The molecule has 4 heteroatoms. The Hall–Kier alpha value is -3.14. The molecular formula is C19H12FN3. The molecule has 0 fully saturated rings. The van der Waals surface area contributed by atoms with E-state index in [1.807, 2.05) is 28.9 Å². The summed E-state index contributed by atoms with van der Waals surface area (Å²) in [6.07, 6.45) is 3.84. The van der Waals surface area contributed by atoms with Crippen molar-refractivity contribution in [2.45, 2.75) is 0 Å². The van der Waals surface area contributed by atoms with Crippen molar-refractivity contribution in [2.24, 2.45) is 0 Å². The third-order valence-corrected chi connectivity index (χ3v) is 4.30. The van der Waals surface area contributed by atoms with E-state index in [0.717, 1.165) is 33.3 Å². The predicted octanol–water partition coefficient (Wildman–Crippen LogP) is 4.77. The van der Waals surface area contributed by atoms with E-state index in [1.165, 1.54) is 17.5 Å². The average molecular weight is 301 g/mol. The zero-order chi connectivity index (χ0) is 15.4. The summed E-state index contributed by atoms with van der Waals surface area (Å²) in [6.45, 7) is 0. The van der Waals surface area contributed by atoms with Crippen LogP contribution in [0.15, 0.2) is 67.0 Å². The van der Waals surface area contributed by atoms with Crippen molar-refractivity contribution >= 4 is 27.5 Å². The summed E-state index contributed by atoms with van der Waals surface area (Å²) in [5.74, 6) is -0.236. The van der Waals surface area contributed by atoms with Gasteiger partial charge in [0.1, 0.15) is 5.82 Å². The molecule has 0 atom stereocenters. The molecule has 0 radical (unpaired) electrons. The first-order valence-corrected chi connectivity index (χ1v) is 7.44. The fourth-order valence-corrected chi connectivity index (χ4v) is 3.19. The van der Waals surface area contributed by atoms with Crippen LogP contribution in [0, 0.1) is 5.82 Å². The highest BCUT2D eigenvalue weighted by molar-refractivity contribution is 6.11. The van der Waals surface area contributed by atoms with Crippen LogP contribution >= 0.6 is 0 Å². The number of H-pyrrole nitrogens is 1. The van der Waals surface area contributed by atoms with Crippen molar-refractivity contribution < 1.29 is 4.39 Å². The molecule has 0 aliphatic heterocycles. The molecule has 5 aromatic rings. The van der Waals surface area contributed by atoms with Crippen molar-refractivity contribution in [3.05, 3.63) is 72.8 Å². The third kappa shape index (κ3) is 1.72. The normalized spacial score (nSPS) is 11.7. The lowest BCUT2D eigenvalue weighted by Crippen LogP contribution is -1.88. The minimum absolute atomic E-state index is 0.236. The van der Waals surface area contributed by atoms with Crippen LogP contribution in [0.2, 0.25) is 0 Å². The minimum Gasteiger partial charge on any atom is -0.351 e. The van der Waals surface area contributed by atoms with Crippen molar-refractivity contribution in [3.63, 3.8) is 0 Å². The molecule has 0 unspecified atom stereocenters. The fraction of sp³-hybridized carbons (Fsp3) is 0. The molecular weight excluding hydrogens is 289 g/mol. The van der Waals surface area contributed by atoms with E-state index in [2.05, 4.69) is 28.2 Å². The first-order chi connectivity index (χ1) is 11.3. The first-order valence-electron chi connectivity index (χ1n) is 7.44. The van der Waals surface area contributed by atoms with Crippen LogP contribution in [0.25, 0.3) is 38.7 Å². The maximum atomic E-state index is 13.1. The minimum atomic E-state index is -0.236. The SMILES string of the molecule is Fc1ccc(-c2cnc3c4[nH]c5ccccc5c4ccn23)cc1. The molecule has 5 rings (SSSR count). The third-order valence-electron chi connectivity index (χ3n) is 4.30. The highest BCUT2D eigenvalue weighted by Gasteiger charge is 2.12. The molecule has 3 heterocycles. The van der Waals surface area contributed by atoms with E-state index in [0.29, 0.717) is 0 Å². The summed E-state index contributed by atoms with van der Waals surface area (Å²) >= 11 is 0. The summed E-state index contributed by atoms with van der Waals surface area (Å²) in [5.41, 5.74) is 4.87. The number of nitrogens with one attached hydrogen (secondary N) is 1. The van der Waals surface area contributed by atoms with Crippen LogP contribution < -0.4 is 0 Å². The van der Waals surface area contributed by atoms with Gasteiger partial charge in [-0.05, 0) is 36.4 Å². The molecule has 0 spiro atoms. The average Bonchev–Trinajstić information content (AvgIpc) is 3.16. The lowest BCUT2D eigenvalue weighted by molar-refractivity contribution is 0.628. The van der Waals surface area contributed by atoms with Crippen LogP contribution in [-0.4, -0.2) is 14.4 Å². The molecule has 1 N–H and O–H groups in total. The lowest BCUT2D eigenvalue weighted by atomic mass is 10.1. The van der Waals surface area contributed by atoms with Gasteiger partial charge in [-0.1, -0.05) is 18.2 Å². The van der Waals surface area contributed by atoms with E-state index in [-0.39, 0.29) is 5.82 Å². The molecule has 0 aliphatic carbocycles. The number of halogens is 1. The van der Waals surface area contributed by atoms with Gasteiger partial charge in [0, 0.05) is 28.0 Å². The van der Waals surface area contributed by atoms with E-state index < -0.39 is 0 Å². The molecule has 2 aromatic carbocycles. The zero-order valence-electron chi connectivity index (χ0n) is 12.1. The van der Waals surface area contributed by atoms with Crippen molar-refractivity contribution in [2.75, 3.05) is 0 Å². The molecule has 0 saturated carbocycles. The quantitative estimate of drug-likeness (QED) is 0.475. The Morgan fingerprint density at radius 1 is 0.913 bits per heavy atom. The smallest absolute Gasteiger partial charge is 0.161 e. The van der Waals surface area contributed by atoms with Crippen molar-refractivity contribution in [1.82, 2.24) is 14.4 Å². The highest BCUT2D eigenvalue weighted by atomic mass is 19.1. The van der Waals surface area contributed by atoms with Gasteiger partial charge in [-0.2, -0.15) is 0 Å². The van der Waals surface area contributed by atoms with Crippen LogP contribution in [0.1, 0.15) is 0 Å². The Morgan fingerprint density at radius 3 is 2.61 bits per heavy atom. The van der Waals surface area contributed by atoms with Crippen molar-refractivity contribution in [3.8, 4) is 11.3 Å². The molecule has 0 aliphatic rings. The lowest BCUT2D eigenvalue weighted by Gasteiger charge is -2.02. The number of pyridine rings is 1. The number of para-hydroxylation sites is 1. The summed E-state index contributed by atoms with van der Waals surface area (Å²) in [7, 11) is 0. The van der Waals surface area contributed by atoms with E-state index >= 15 is 0 Å². The van der Waals surface area contributed by atoms with Crippen LogP contribution in [-0.2, 0) is 0 Å². The Balaban J connectivity index is 1.84. The monoisotopic (exact) mass is 301 g/mol. The number of aromatic amines is 1. The summed E-state index contributed by atoms with van der Waals surface area (Å²) < 4.78 is 15.2. The first kappa shape index (κ1) is 12.4. The number of fused-ring (bicyclic) bond motifs is 5. The second-order valence-corrected chi connectivity index (χ2v) is 5.62. The number of nitrogens with zero attached hydrogens (tertiary/aromatic N) is 2. The number of imidazole rings is 1. The Bertz CT molecular complexity index is 1170. The zero-order valence-corrected chi connectivity index (χ0v) is 12.1. The number of hydrogen-bond acceptors (Lipinski definition) is 1. The Labute approximate surface area is 131 Å². The van der Waals surface area contributed by atoms with Crippen LogP contribution in [0.3, 0.4) is 0 Å². The molecule has 0 bridgehead atoms. The molecule has 3 nitrogen and oxygen atoms in total. The van der Waals surface area contributed by atoms with Crippen molar-refractivity contribution in [1.29, 1.82) is 0 Å². The Morgan fingerprint density at radius 2 is 1.74 bits per heavy atom. The van der Waals surface area contributed by atoms with E-state index in [1.54, 1.807) is 12.1 Å². The van der Waals surface area contributed by atoms with E-state index in [4.69, 9.17) is 0 Å². The molecule has 3 aromatic heterocycles. The van der Waals surface area contributed by atoms with Gasteiger partial charge in [-0.25, -0.2) is 9.37 Å². The van der Waals surface area contributed by atoms with Gasteiger partial charge in [-0.15, -0.1) is 0 Å². The van der Waals surface area contributed by atoms with Crippen LogP contribution in [0.4, 0.5) is 4.39 Å². The maximum absolute atomic E-state index is 13.1. The molecule has 23 heavy (non-hydrogen) atoms. The van der Waals surface area contributed by atoms with Gasteiger partial charge in [-0.3, -0.25) is 4.40 Å². The van der Waals surface area contributed by atoms with Gasteiger partial charge in [0.25, 0.3) is 0 Å². The highest BCUT2D eigenvalue weighted by Crippen LogP contribution is 2.30. The summed E-state index contributed by atoms with van der Waals surface area (Å²) in [4.78, 5) is 8.03. The standard InChI is InChI=1S/C19H12FN3/c20-13-7-5-12(6-8-13)17-11-21-19-18-15(9-10-23(17)19)14-3-1-2-4-16(14)22-18/h1-11,22H. The summed E-state index contributed by atoms with van der Waals surface area (Å²) in [6, 6.07) is 16.8. The maximum Gasteiger partial charge on any atom is 0.161 e. The van der Waals surface area contributed by atoms with Gasteiger partial charge in [0.15, 0.2) is 5.65 Å². The van der Waals surface area contributed by atoms with Gasteiger partial charge in [0.2, 0.25) is 0 Å². The number of benzene rings is 2.